The van der Waals surface area contributed by atoms with Gasteiger partial charge in [-0.1, -0.05) is 6.07 Å². The van der Waals surface area contributed by atoms with Crippen molar-refractivity contribution < 1.29 is 4.79 Å². The minimum Gasteiger partial charge on any atom is -0.368 e. The maximum absolute atomic E-state index is 11.1. The lowest BCUT2D eigenvalue weighted by Crippen LogP contribution is -2.46. The number of piperidine rings is 1. The molecule has 102 valence electrons. The van der Waals surface area contributed by atoms with E-state index in [2.05, 4.69) is 10.3 Å². The highest BCUT2D eigenvalue weighted by Crippen LogP contribution is 2.54. The highest BCUT2D eigenvalue weighted by atomic mass is 16.1. The van der Waals surface area contributed by atoms with E-state index in [-0.39, 0.29) is 0 Å². The van der Waals surface area contributed by atoms with Crippen molar-refractivity contribution in [2.75, 3.05) is 18.4 Å². The van der Waals surface area contributed by atoms with E-state index in [1.54, 1.807) is 0 Å². The SMILES string of the molecule is Cc1cccc(NCC2CC3(CCN2C=O)CC3)n1. The maximum atomic E-state index is 11.1. The summed E-state index contributed by atoms with van der Waals surface area (Å²) < 4.78 is 0. The number of carbonyl (C=O) groups is 1. The fourth-order valence-corrected chi connectivity index (χ4v) is 3.09. The van der Waals surface area contributed by atoms with Gasteiger partial charge in [0.05, 0.1) is 0 Å². The molecule has 1 aromatic rings. The lowest BCUT2D eigenvalue weighted by molar-refractivity contribution is -0.122. The van der Waals surface area contributed by atoms with E-state index >= 15 is 0 Å². The van der Waals surface area contributed by atoms with E-state index in [0.29, 0.717) is 11.5 Å². The molecule has 1 amide bonds. The lowest BCUT2D eigenvalue weighted by atomic mass is 9.88. The average Bonchev–Trinajstić information content (AvgIpc) is 3.16. The molecule has 1 aliphatic heterocycles. The van der Waals surface area contributed by atoms with Gasteiger partial charge >= 0.3 is 0 Å². The summed E-state index contributed by atoms with van der Waals surface area (Å²) in [4.78, 5) is 17.5. The van der Waals surface area contributed by atoms with Crippen LogP contribution in [-0.2, 0) is 4.79 Å². The molecule has 1 saturated carbocycles. The van der Waals surface area contributed by atoms with Crippen molar-refractivity contribution in [3.05, 3.63) is 23.9 Å². The highest BCUT2D eigenvalue weighted by Gasteiger charge is 2.47. The molecule has 1 saturated heterocycles. The summed E-state index contributed by atoms with van der Waals surface area (Å²) in [6, 6.07) is 6.29. The van der Waals surface area contributed by atoms with E-state index < -0.39 is 0 Å². The van der Waals surface area contributed by atoms with Gasteiger partial charge in [-0.25, -0.2) is 4.98 Å². The quantitative estimate of drug-likeness (QED) is 0.843. The molecule has 1 atom stereocenters. The molecule has 1 aliphatic carbocycles. The van der Waals surface area contributed by atoms with E-state index in [4.69, 9.17) is 0 Å². The first kappa shape index (κ1) is 12.5. The Kier molecular flexibility index (Phi) is 3.17. The largest absolute Gasteiger partial charge is 0.368 e. The van der Waals surface area contributed by atoms with Gasteiger partial charge < -0.3 is 10.2 Å². The van der Waals surface area contributed by atoms with Gasteiger partial charge in [-0.05, 0) is 50.2 Å². The van der Waals surface area contributed by atoms with Crippen molar-refractivity contribution in [3.8, 4) is 0 Å². The van der Waals surface area contributed by atoms with Gasteiger partial charge in [0.15, 0.2) is 0 Å². The fourth-order valence-electron chi connectivity index (χ4n) is 3.09. The molecule has 3 rings (SSSR count). The topological polar surface area (TPSA) is 45.2 Å². The summed E-state index contributed by atoms with van der Waals surface area (Å²) in [6.45, 7) is 3.71. The normalized spacial score (nSPS) is 24.3. The summed E-state index contributed by atoms with van der Waals surface area (Å²) in [5, 5.41) is 3.37. The smallest absolute Gasteiger partial charge is 0.210 e. The monoisotopic (exact) mass is 259 g/mol. The van der Waals surface area contributed by atoms with Crippen molar-refractivity contribution in [3.63, 3.8) is 0 Å². The number of hydrogen-bond acceptors (Lipinski definition) is 3. The van der Waals surface area contributed by atoms with E-state index in [9.17, 15) is 4.79 Å². The van der Waals surface area contributed by atoms with E-state index in [1.165, 1.54) is 19.3 Å². The molecule has 1 spiro atoms. The Morgan fingerprint density at radius 2 is 2.32 bits per heavy atom. The van der Waals surface area contributed by atoms with Gasteiger partial charge in [-0.15, -0.1) is 0 Å². The van der Waals surface area contributed by atoms with Gasteiger partial charge in [-0.3, -0.25) is 4.79 Å². The molecule has 2 fully saturated rings. The molecular weight excluding hydrogens is 238 g/mol. The van der Waals surface area contributed by atoms with Gasteiger partial charge in [0.2, 0.25) is 6.41 Å². The van der Waals surface area contributed by atoms with Crippen LogP contribution in [0, 0.1) is 12.3 Å². The minimum atomic E-state index is 0.316. The molecule has 1 aromatic heterocycles. The van der Waals surface area contributed by atoms with Crippen molar-refractivity contribution >= 4 is 12.2 Å². The molecular formula is C15H21N3O. The second kappa shape index (κ2) is 4.83. The number of aromatic nitrogens is 1. The molecule has 2 heterocycles. The highest BCUT2D eigenvalue weighted by molar-refractivity contribution is 5.49. The van der Waals surface area contributed by atoms with Crippen LogP contribution in [0.4, 0.5) is 5.82 Å². The second-order valence-electron chi connectivity index (χ2n) is 6.00. The minimum absolute atomic E-state index is 0.316. The lowest BCUT2D eigenvalue weighted by Gasteiger charge is -2.37. The zero-order valence-corrected chi connectivity index (χ0v) is 11.4. The first-order chi connectivity index (χ1) is 9.21. The number of rotatable bonds is 4. The molecule has 4 nitrogen and oxygen atoms in total. The third kappa shape index (κ3) is 2.72. The van der Waals surface area contributed by atoms with Crippen LogP contribution in [0.3, 0.4) is 0 Å². The molecule has 0 radical (unpaired) electrons. The zero-order chi connectivity index (χ0) is 13.3. The molecule has 4 heteroatoms. The molecule has 1 N–H and O–H groups in total. The predicted molar refractivity (Wildman–Crippen MR) is 74.9 cm³/mol. The van der Waals surface area contributed by atoms with Crippen molar-refractivity contribution in [2.24, 2.45) is 5.41 Å². The van der Waals surface area contributed by atoms with Crippen LogP contribution in [0.25, 0.3) is 0 Å². The van der Waals surface area contributed by atoms with Crippen LogP contribution in [0.15, 0.2) is 18.2 Å². The van der Waals surface area contributed by atoms with Crippen molar-refractivity contribution in [1.82, 2.24) is 9.88 Å². The van der Waals surface area contributed by atoms with Crippen molar-refractivity contribution in [2.45, 2.75) is 38.6 Å². The Hall–Kier alpha value is -1.58. The summed E-state index contributed by atoms with van der Waals surface area (Å²) in [5.74, 6) is 0.904. The summed E-state index contributed by atoms with van der Waals surface area (Å²) in [7, 11) is 0. The maximum Gasteiger partial charge on any atom is 0.210 e. The van der Waals surface area contributed by atoms with E-state index in [0.717, 1.165) is 37.4 Å². The molecule has 1 unspecified atom stereocenters. The Labute approximate surface area is 114 Å². The Morgan fingerprint density at radius 1 is 1.47 bits per heavy atom. The second-order valence-corrected chi connectivity index (χ2v) is 6.00. The number of aryl methyl sites for hydroxylation is 1. The number of nitrogens with zero attached hydrogens (tertiary/aromatic N) is 2. The molecule has 0 bridgehead atoms. The van der Waals surface area contributed by atoms with E-state index in [1.807, 2.05) is 30.0 Å². The number of anilines is 1. The number of pyridine rings is 1. The first-order valence-electron chi connectivity index (χ1n) is 7.09. The molecule has 19 heavy (non-hydrogen) atoms. The van der Waals surface area contributed by atoms with Gasteiger partial charge in [-0.2, -0.15) is 0 Å². The predicted octanol–water partition coefficient (Wildman–Crippen LogP) is 2.20. The number of carbonyl (C=O) groups excluding carboxylic acids is 1. The number of hydrogen-bond donors (Lipinski definition) is 1. The van der Waals surface area contributed by atoms with Crippen LogP contribution < -0.4 is 5.32 Å². The third-order valence-corrected chi connectivity index (χ3v) is 4.54. The standard InChI is InChI=1S/C15H21N3O/c1-12-3-2-4-14(17-12)16-10-13-9-15(5-6-15)7-8-18(13)11-19/h2-4,11,13H,5-10H2,1H3,(H,16,17). The van der Waals surface area contributed by atoms with Crippen LogP contribution >= 0.6 is 0 Å². The summed E-state index contributed by atoms with van der Waals surface area (Å²) in [5.41, 5.74) is 1.57. The van der Waals surface area contributed by atoms with Crippen LogP contribution in [0.5, 0.6) is 0 Å². The number of likely N-dealkylation sites (tertiary alicyclic amines) is 1. The Morgan fingerprint density at radius 3 is 3.00 bits per heavy atom. The fraction of sp³-hybridized carbons (Fsp3) is 0.600. The summed E-state index contributed by atoms with van der Waals surface area (Å²) in [6.07, 6.45) is 6.03. The third-order valence-electron chi connectivity index (χ3n) is 4.54. The van der Waals surface area contributed by atoms with Crippen LogP contribution in [0.1, 0.15) is 31.4 Å². The summed E-state index contributed by atoms with van der Waals surface area (Å²) >= 11 is 0. The Bertz CT molecular complexity index is 470. The molecule has 0 aromatic carbocycles. The number of amides is 1. The first-order valence-corrected chi connectivity index (χ1v) is 7.09. The van der Waals surface area contributed by atoms with Crippen LogP contribution in [-0.4, -0.2) is 35.4 Å². The average molecular weight is 259 g/mol. The molecule has 2 aliphatic rings. The van der Waals surface area contributed by atoms with Gasteiger partial charge in [0.25, 0.3) is 0 Å². The Balaban J connectivity index is 1.62. The van der Waals surface area contributed by atoms with Crippen molar-refractivity contribution in [1.29, 1.82) is 0 Å². The number of nitrogens with one attached hydrogen (secondary N) is 1. The van der Waals surface area contributed by atoms with Gasteiger partial charge in [0, 0.05) is 24.8 Å². The van der Waals surface area contributed by atoms with Gasteiger partial charge in [0.1, 0.15) is 5.82 Å². The van der Waals surface area contributed by atoms with Crippen LogP contribution in [0.2, 0.25) is 0 Å². The zero-order valence-electron chi connectivity index (χ0n) is 11.4.